The first-order valence-electron chi connectivity index (χ1n) is 8.11. The zero-order valence-electron chi connectivity index (χ0n) is 13.7. The molecule has 0 fully saturated rings. The lowest BCUT2D eigenvalue weighted by atomic mass is 9.77. The second kappa shape index (κ2) is 5.02. The average Bonchev–Trinajstić information content (AvgIpc) is 2.58. The Kier molecular flexibility index (Phi) is 3.08. The van der Waals surface area contributed by atoms with Crippen LogP contribution in [-0.2, 0) is 0 Å². The van der Waals surface area contributed by atoms with Crippen LogP contribution >= 0.6 is 0 Å². The molecule has 0 amide bonds. The largest absolute Gasteiger partial charge is 0.276 e. The van der Waals surface area contributed by atoms with Crippen LogP contribution in [0.2, 0.25) is 0 Å². The third-order valence-corrected chi connectivity index (χ3v) is 4.98. The molecule has 4 rings (SSSR count). The first-order chi connectivity index (χ1) is 11.1. The summed E-state index contributed by atoms with van der Waals surface area (Å²) in [5.74, 6) is 0.392. The molecule has 1 aliphatic rings. The van der Waals surface area contributed by atoms with Gasteiger partial charge in [0.25, 0.3) is 0 Å². The maximum Gasteiger partial charge on any atom is 0.0913 e. The molecule has 114 valence electrons. The maximum absolute atomic E-state index is 5.07. The molecule has 0 saturated carbocycles. The molecule has 0 radical (unpaired) electrons. The lowest BCUT2D eigenvalue weighted by Crippen LogP contribution is -2.33. The van der Waals surface area contributed by atoms with E-state index < -0.39 is 0 Å². The zero-order chi connectivity index (χ0) is 16.0. The lowest BCUT2D eigenvalue weighted by Gasteiger charge is -2.35. The number of pyridine rings is 1. The molecule has 1 atom stereocenters. The second-order valence-corrected chi connectivity index (χ2v) is 6.81. The molecule has 2 heterocycles. The molecular weight excluding hydrogens is 280 g/mol. The van der Waals surface area contributed by atoms with Gasteiger partial charge in [0, 0.05) is 16.9 Å². The number of aliphatic imine (C=N–C) groups is 1. The van der Waals surface area contributed by atoms with Gasteiger partial charge in [0.2, 0.25) is 0 Å². The van der Waals surface area contributed by atoms with E-state index in [0.29, 0.717) is 5.92 Å². The highest BCUT2D eigenvalue weighted by molar-refractivity contribution is 6.14. The average molecular weight is 300 g/mol. The third-order valence-electron chi connectivity index (χ3n) is 4.98. The van der Waals surface area contributed by atoms with Crippen molar-refractivity contribution >= 4 is 16.6 Å². The van der Waals surface area contributed by atoms with Crippen LogP contribution in [-0.4, -0.2) is 16.2 Å². The molecular formula is C21H20N2. The van der Waals surface area contributed by atoms with Gasteiger partial charge in [0.05, 0.1) is 22.5 Å². The van der Waals surface area contributed by atoms with Crippen molar-refractivity contribution in [2.45, 2.75) is 32.2 Å². The Morgan fingerprint density at radius 1 is 0.870 bits per heavy atom. The fourth-order valence-electron chi connectivity index (χ4n) is 3.31. The van der Waals surface area contributed by atoms with Gasteiger partial charge >= 0.3 is 0 Å². The van der Waals surface area contributed by atoms with Crippen LogP contribution in [0.5, 0.6) is 0 Å². The summed E-state index contributed by atoms with van der Waals surface area (Å²) in [6.07, 6.45) is 0. The molecule has 0 bridgehead atoms. The molecule has 1 aromatic heterocycles. The van der Waals surface area contributed by atoms with Crippen LogP contribution < -0.4 is 0 Å². The third kappa shape index (κ3) is 2.26. The van der Waals surface area contributed by atoms with Gasteiger partial charge in [-0.25, -0.2) is 4.98 Å². The summed E-state index contributed by atoms with van der Waals surface area (Å²) >= 11 is 0. The summed E-state index contributed by atoms with van der Waals surface area (Å²) in [5, 5.41) is 1.16. The molecule has 0 N–H and O–H groups in total. The Labute approximate surface area is 136 Å². The Balaban J connectivity index is 1.95. The van der Waals surface area contributed by atoms with E-state index in [9.17, 15) is 0 Å². The van der Waals surface area contributed by atoms with Crippen molar-refractivity contribution in [2.75, 3.05) is 0 Å². The number of hydrogen-bond donors (Lipinski definition) is 0. The Bertz CT molecular complexity index is 922. The number of nitrogens with zero attached hydrogens (tertiary/aromatic N) is 2. The van der Waals surface area contributed by atoms with Gasteiger partial charge in [0.1, 0.15) is 0 Å². The molecule has 1 aliphatic heterocycles. The van der Waals surface area contributed by atoms with Gasteiger partial charge in [0.15, 0.2) is 0 Å². The van der Waals surface area contributed by atoms with Gasteiger partial charge in [-0.05, 0) is 31.5 Å². The molecule has 1 unspecified atom stereocenters. The second-order valence-electron chi connectivity index (χ2n) is 6.81. The van der Waals surface area contributed by atoms with Gasteiger partial charge in [-0.15, -0.1) is 0 Å². The monoisotopic (exact) mass is 300 g/mol. The zero-order valence-corrected chi connectivity index (χ0v) is 13.7. The molecule has 2 nitrogen and oxygen atoms in total. The summed E-state index contributed by atoms with van der Waals surface area (Å²) in [5.41, 5.74) is 5.42. The first kappa shape index (κ1) is 14.1. The van der Waals surface area contributed by atoms with Crippen LogP contribution in [0.25, 0.3) is 10.9 Å². The van der Waals surface area contributed by atoms with Crippen LogP contribution in [0, 0.1) is 0 Å². The number of aromatic nitrogens is 1. The molecule has 0 saturated heterocycles. The maximum atomic E-state index is 5.07. The Morgan fingerprint density at radius 2 is 1.61 bits per heavy atom. The molecule has 0 aliphatic carbocycles. The van der Waals surface area contributed by atoms with Crippen LogP contribution in [0.4, 0.5) is 0 Å². The van der Waals surface area contributed by atoms with Crippen LogP contribution in [0.15, 0.2) is 65.7 Å². The minimum atomic E-state index is -0.128. The summed E-state index contributed by atoms with van der Waals surface area (Å²) < 4.78 is 0. The standard InChI is InChI=1S/C21H20N2/c1-14-16-9-5-6-10-17(16)20(23-21(14,2)3)19-13-12-15-8-4-7-11-18(15)22-19/h4-14H,1-3H3. The molecule has 23 heavy (non-hydrogen) atoms. The Morgan fingerprint density at radius 3 is 2.48 bits per heavy atom. The van der Waals surface area contributed by atoms with Crippen molar-refractivity contribution in [1.82, 2.24) is 4.98 Å². The van der Waals surface area contributed by atoms with Crippen LogP contribution in [0.3, 0.4) is 0 Å². The van der Waals surface area contributed by atoms with Crippen molar-refractivity contribution < 1.29 is 0 Å². The molecule has 2 aromatic carbocycles. The number of fused-ring (bicyclic) bond motifs is 2. The molecule has 3 aromatic rings. The quantitative estimate of drug-likeness (QED) is 0.623. The number of benzene rings is 2. The van der Waals surface area contributed by atoms with Gasteiger partial charge < -0.3 is 0 Å². The van der Waals surface area contributed by atoms with Gasteiger partial charge in [-0.3, -0.25) is 4.99 Å². The topological polar surface area (TPSA) is 25.2 Å². The van der Waals surface area contributed by atoms with E-state index in [1.165, 1.54) is 11.1 Å². The van der Waals surface area contributed by atoms with Crippen LogP contribution in [0.1, 0.15) is 43.5 Å². The molecule has 2 heteroatoms. The minimum Gasteiger partial charge on any atom is -0.276 e. The van der Waals surface area contributed by atoms with E-state index >= 15 is 0 Å². The predicted molar refractivity (Wildman–Crippen MR) is 96.3 cm³/mol. The van der Waals surface area contributed by atoms with E-state index in [1.54, 1.807) is 0 Å². The van der Waals surface area contributed by atoms with E-state index in [1.807, 2.05) is 12.1 Å². The van der Waals surface area contributed by atoms with E-state index in [0.717, 1.165) is 22.3 Å². The first-order valence-corrected chi connectivity index (χ1v) is 8.11. The lowest BCUT2D eigenvalue weighted by molar-refractivity contribution is 0.432. The highest BCUT2D eigenvalue weighted by atomic mass is 14.9. The summed E-state index contributed by atoms with van der Waals surface area (Å²) in [4.78, 5) is 9.93. The highest BCUT2D eigenvalue weighted by Gasteiger charge is 2.34. The van der Waals surface area contributed by atoms with E-state index in [4.69, 9.17) is 9.98 Å². The minimum absolute atomic E-state index is 0.128. The van der Waals surface area contributed by atoms with Gasteiger partial charge in [-0.1, -0.05) is 55.5 Å². The van der Waals surface area contributed by atoms with Crippen molar-refractivity contribution in [1.29, 1.82) is 0 Å². The van der Waals surface area contributed by atoms with Crippen molar-refractivity contribution in [3.8, 4) is 0 Å². The van der Waals surface area contributed by atoms with Crippen molar-refractivity contribution in [3.63, 3.8) is 0 Å². The smallest absolute Gasteiger partial charge is 0.0913 e. The van der Waals surface area contributed by atoms with E-state index in [2.05, 4.69) is 69.3 Å². The normalized spacial score (nSPS) is 19.3. The fraction of sp³-hybridized carbons (Fsp3) is 0.238. The SMILES string of the molecule is CC1c2ccccc2C(c2ccc3ccccc3n2)=NC1(C)C. The highest BCUT2D eigenvalue weighted by Crippen LogP contribution is 2.38. The number of para-hydroxylation sites is 1. The Hall–Kier alpha value is -2.48. The van der Waals surface area contributed by atoms with Crippen molar-refractivity contribution in [2.24, 2.45) is 4.99 Å². The van der Waals surface area contributed by atoms with E-state index in [-0.39, 0.29) is 5.54 Å². The fourth-order valence-corrected chi connectivity index (χ4v) is 3.31. The molecule has 0 spiro atoms. The predicted octanol–water partition coefficient (Wildman–Crippen LogP) is 4.97. The van der Waals surface area contributed by atoms with Gasteiger partial charge in [-0.2, -0.15) is 0 Å². The number of hydrogen-bond acceptors (Lipinski definition) is 2. The summed E-state index contributed by atoms with van der Waals surface area (Å²) in [6, 6.07) is 21.0. The number of rotatable bonds is 1. The van der Waals surface area contributed by atoms with Crippen molar-refractivity contribution in [3.05, 3.63) is 77.5 Å². The summed E-state index contributed by atoms with van der Waals surface area (Å²) in [7, 11) is 0. The summed E-state index contributed by atoms with van der Waals surface area (Å²) in [6.45, 7) is 6.66.